The number of rotatable bonds is 10. The number of hydrogen-bond acceptors (Lipinski definition) is 5. The molecular formula is C28H31ClF2N4O4. The lowest BCUT2D eigenvalue weighted by atomic mass is 10.2. The molecule has 4 rings (SSSR count). The molecular weight excluding hydrogens is 530 g/mol. The van der Waals surface area contributed by atoms with Gasteiger partial charge in [-0.05, 0) is 55.0 Å². The van der Waals surface area contributed by atoms with Gasteiger partial charge in [0.1, 0.15) is 29.7 Å². The molecule has 0 spiro atoms. The molecule has 2 aromatic carbocycles. The number of benzene rings is 2. The van der Waals surface area contributed by atoms with Gasteiger partial charge in [0.25, 0.3) is 0 Å². The highest BCUT2D eigenvalue weighted by atomic mass is 35.5. The van der Waals surface area contributed by atoms with E-state index in [4.69, 9.17) is 20.8 Å². The Morgan fingerprint density at radius 2 is 1.74 bits per heavy atom. The lowest BCUT2D eigenvalue weighted by molar-refractivity contribution is -0.133. The third-order valence-corrected chi connectivity index (χ3v) is 6.65. The second kappa shape index (κ2) is 13.5. The highest BCUT2D eigenvalue weighted by molar-refractivity contribution is 6.31. The molecule has 0 saturated carbocycles. The number of nitrogens with one attached hydrogen (secondary N) is 1. The second-order valence-electron chi connectivity index (χ2n) is 9.32. The van der Waals surface area contributed by atoms with Gasteiger partial charge in [-0.3, -0.25) is 9.69 Å². The number of aryl methyl sites for hydroxylation is 1. The van der Waals surface area contributed by atoms with Gasteiger partial charge in [-0.25, -0.2) is 13.6 Å². The zero-order valence-electron chi connectivity index (χ0n) is 21.7. The van der Waals surface area contributed by atoms with E-state index in [1.165, 1.54) is 29.2 Å². The van der Waals surface area contributed by atoms with Crippen LogP contribution in [0.15, 0.2) is 59.0 Å². The van der Waals surface area contributed by atoms with Crippen molar-refractivity contribution in [2.24, 2.45) is 0 Å². The minimum atomic E-state index is -0.599. The van der Waals surface area contributed by atoms with Crippen molar-refractivity contribution in [1.82, 2.24) is 14.7 Å². The summed E-state index contributed by atoms with van der Waals surface area (Å²) in [6.45, 7) is 5.46. The number of nitrogens with zero attached hydrogens (tertiary/aromatic N) is 3. The summed E-state index contributed by atoms with van der Waals surface area (Å²) < 4.78 is 38.2. The van der Waals surface area contributed by atoms with E-state index in [0.29, 0.717) is 37.0 Å². The molecule has 0 radical (unpaired) electrons. The molecule has 1 fully saturated rings. The molecule has 0 atom stereocenters. The molecule has 0 bridgehead atoms. The normalized spacial score (nSPS) is 13.7. The molecule has 1 N–H and O–H groups in total. The summed E-state index contributed by atoms with van der Waals surface area (Å²) in [7, 11) is 0. The van der Waals surface area contributed by atoms with Crippen LogP contribution in [0.3, 0.4) is 0 Å². The van der Waals surface area contributed by atoms with Crippen molar-refractivity contribution in [2.75, 3.05) is 51.3 Å². The number of carbonyl (C=O) groups is 2. The number of ether oxygens (including phenoxy) is 1. The first kappa shape index (κ1) is 28.5. The molecule has 0 unspecified atom stereocenters. The van der Waals surface area contributed by atoms with Crippen LogP contribution >= 0.6 is 11.6 Å². The molecule has 1 aliphatic heterocycles. The number of anilines is 1. The number of urea groups is 1. The second-order valence-corrected chi connectivity index (χ2v) is 9.73. The van der Waals surface area contributed by atoms with Crippen molar-refractivity contribution in [1.29, 1.82) is 0 Å². The fourth-order valence-electron chi connectivity index (χ4n) is 4.18. The maximum absolute atomic E-state index is 13.6. The molecule has 8 nitrogen and oxygen atoms in total. The van der Waals surface area contributed by atoms with Crippen molar-refractivity contribution < 1.29 is 27.5 Å². The number of halogens is 3. The van der Waals surface area contributed by atoms with Crippen molar-refractivity contribution >= 4 is 29.2 Å². The zero-order valence-corrected chi connectivity index (χ0v) is 22.4. The molecule has 0 aliphatic carbocycles. The van der Waals surface area contributed by atoms with Crippen LogP contribution in [0.25, 0.3) is 0 Å². The van der Waals surface area contributed by atoms with Gasteiger partial charge in [-0.2, -0.15) is 0 Å². The van der Waals surface area contributed by atoms with Crippen molar-refractivity contribution in [3.8, 4) is 0 Å². The summed E-state index contributed by atoms with van der Waals surface area (Å²) >= 11 is 5.88. The first-order valence-electron chi connectivity index (χ1n) is 12.7. The number of hydrogen-bond donors (Lipinski definition) is 1. The van der Waals surface area contributed by atoms with Gasteiger partial charge in [0.15, 0.2) is 0 Å². The number of carbonyl (C=O) groups excluding carboxylic acids is 2. The van der Waals surface area contributed by atoms with E-state index in [0.717, 1.165) is 24.7 Å². The summed E-state index contributed by atoms with van der Waals surface area (Å²) in [5.74, 6) is 0.0169. The minimum Gasteiger partial charge on any atom is -0.464 e. The van der Waals surface area contributed by atoms with Gasteiger partial charge < -0.3 is 24.3 Å². The summed E-state index contributed by atoms with van der Waals surface area (Å²) in [4.78, 5) is 32.1. The Morgan fingerprint density at radius 1 is 1.00 bits per heavy atom. The maximum atomic E-state index is 13.6. The van der Waals surface area contributed by atoms with E-state index in [9.17, 15) is 18.4 Å². The highest BCUT2D eigenvalue weighted by Crippen LogP contribution is 2.20. The lowest BCUT2D eigenvalue weighted by Crippen LogP contribution is -2.48. The van der Waals surface area contributed by atoms with Crippen LogP contribution in [0, 0.1) is 18.6 Å². The SMILES string of the molecule is Cc1ccc(CN(Cc2ccc(F)cc2)C(=O)CN(CCN2CCOCC2)C(=O)Nc2ccc(F)c(Cl)c2)o1. The van der Waals surface area contributed by atoms with Crippen LogP contribution in [0.5, 0.6) is 0 Å². The number of furan rings is 1. The van der Waals surface area contributed by atoms with Gasteiger partial charge >= 0.3 is 6.03 Å². The van der Waals surface area contributed by atoms with Gasteiger partial charge in [0.2, 0.25) is 5.91 Å². The Labute approximate surface area is 231 Å². The van der Waals surface area contributed by atoms with Gasteiger partial charge in [0.05, 0.1) is 24.8 Å². The summed E-state index contributed by atoms with van der Waals surface area (Å²) in [6, 6.07) is 12.9. The smallest absolute Gasteiger partial charge is 0.322 e. The predicted octanol–water partition coefficient (Wildman–Crippen LogP) is 4.91. The topological polar surface area (TPSA) is 78.3 Å². The fraction of sp³-hybridized carbons (Fsp3) is 0.357. The van der Waals surface area contributed by atoms with Crippen LogP contribution in [-0.2, 0) is 22.6 Å². The monoisotopic (exact) mass is 560 g/mol. The highest BCUT2D eigenvalue weighted by Gasteiger charge is 2.24. The molecule has 11 heteroatoms. The Kier molecular flexibility index (Phi) is 9.91. The number of morpholine rings is 1. The molecule has 1 saturated heterocycles. The van der Waals surface area contributed by atoms with E-state index in [2.05, 4.69) is 10.2 Å². The van der Waals surface area contributed by atoms with Crippen molar-refractivity contribution in [3.63, 3.8) is 0 Å². The minimum absolute atomic E-state index is 0.122. The first-order chi connectivity index (χ1) is 18.8. The van der Waals surface area contributed by atoms with Gasteiger partial charge in [0, 0.05) is 38.4 Å². The predicted molar refractivity (Wildman–Crippen MR) is 143 cm³/mol. The average Bonchev–Trinajstić information content (AvgIpc) is 3.34. The van der Waals surface area contributed by atoms with E-state index in [1.54, 1.807) is 23.1 Å². The van der Waals surface area contributed by atoms with E-state index in [-0.39, 0.29) is 42.9 Å². The van der Waals surface area contributed by atoms with E-state index in [1.807, 2.05) is 13.0 Å². The Hall–Kier alpha value is -3.47. The fourth-order valence-corrected chi connectivity index (χ4v) is 4.36. The molecule has 3 aromatic rings. The molecule has 208 valence electrons. The van der Waals surface area contributed by atoms with Crippen LogP contribution in [0.4, 0.5) is 19.3 Å². The zero-order chi connectivity index (χ0) is 27.8. The Bertz CT molecular complexity index is 1260. The van der Waals surface area contributed by atoms with Gasteiger partial charge in [-0.15, -0.1) is 0 Å². The largest absolute Gasteiger partial charge is 0.464 e. The van der Waals surface area contributed by atoms with E-state index >= 15 is 0 Å². The lowest BCUT2D eigenvalue weighted by Gasteiger charge is -2.31. The summed E-state index contributed by atoms with van der Waals surface area (Å²) in [5, 5.41) is 2.59. The van der Waals surface area contributed by atoms with Crippen LogP contribution in [0.2, 0.25) is 5.02 Å². The van der Waals surface area contributed by atoms with E-state index < -0.39 is 11.8 Å². The molecule has 1 aliphatic rings. The molecule has 3 amide bonds. The maximum Gasteiger partial charge on any atom is 0.322 e. The van der Waals surface area contributed by atoms with Crippen LogP contribution in [0.1, 0.15) is 17.1 Å². The molecule has 39 heavy (non-hydrogen) atoms. The van der Waals surface area contributed by atoms with Crippen molar-refractivity contribution in [3.05, 3.63) is 88.3 Å². The third-order valence-electron chi connectivity index (χ3n) is 6.36. The summed E-state index contributed by atoms with van der Waals surface area (Å²) in [5.41, 5.74) is 1.04. The van der Waals surface area contributed by atoms with Crippen LogP contribution in [-0.4, -0.2) is 72.6 Å². The Balaban J connectivity index is 1.51. The van der Waals surface area contributed by atoms with Crippen LogP contribution < -0.4 is 5.32 Å². The molecule has 1 aromatic heterocycles. The third kappa shape index (κ3) is 8.51. The Morgan fingerprint density at radius 3 is 2.41 bits per heavy atom. The average molecular weight is 561 g/mol. The number of amides is 3. The summed E-state index contributed by atoms with van der Waals surface area (Å²) in [6.07, 6.45) is 0. The first-order valence-corrected chi connectivity index (χ1v) is 13.0. The standard InChI is InChI=1S/C28H31ClF2N4O4/c1-20-2-8-24(39-20)18-35(17-21-3-5-22(30)6-4-21)27(36)19-34(11-10-33-12-14-38-15-13-33)28(37)32-23-7-9-26(31)25(29)16-23/h2-9,16H,10-15,17-19H2,1H3,(H,32,37). The van der Waals surface area contributed by atoms with Crippen molar-refractivity contribution in [2.45, 2.75) is 20.0 Å². The quantitative estimate of drug-likeness (QED) is 0.381. The van der Waals surface area contributed by atoms with Gasteiger partial charge in [-0.1, -0.05) is 23.7 Å². The molecule has 2 heterocycles.